The van der Waals surface area contributed by atoms with E-state index in [4.69, 9.17) is 23.2 Å². The van der Waals surface area contributed by atoms with E-state index in [0.717, 1.165) is 4.47 Å². The number of ketones is 1. The lowest BCUT2D eigenvalue weighted by atomic mass is 9.88. The van der Waals surface area contributed by atoms with Crippen LogP contribution in [-0.4, -0.2) is 16.8 Å². The van der Waals surface area contributed by atoms with Crippen LogP contribution in [0, 0.1) is 0 Å². The van der Waals surface area contributed by atoms with Crippen LogP contribution in [0.5, 0.6) is 0 Å². The topological polar surface area (TPSA) is 66.4 Å². The van der Waals surface area contributed by atoms with Crippen molar-refractivity contribution in [2.75, 3.05) is 5.32 Å². The molecule has 2 aromatic rings. The van der Waals surface area contributed by atoms with Crippen LogP contribution in [0.4, 0.5) is 5.69 Å². The number of carbonyl (C=O) groups is 2. The molecule has 23 heavy (non-hydrogen) atoms. The molecule has 2 aromatic carbocycles. The summed E-state index contributed by atoms with van der Waals surface area (Å²) in [6.07, 6.45) is -0.413. The number of halogens is 3. The molecule has 0 bridgehead atoms. The van der Waals surface area contributed by atoms with Gasteiger partial charge in [0.15, 0.2) is 11.4 Å². The first-order valence-corrected chi connectivity index (χ1v) is 8.18. The molecule has 118 valence electrons. The molecule has 0 radical (unpaired) electrons. The third kappa shape index (κ3) is 2.90. The lowest BCUT2D eigenvalue weighted by Crippen LogP contribution is -2.36. The van der Waals surface area contributed by atoms with Crippen molar-refractivity contribution in [3.8, 4) is 0 Å². The van der Waals surface area contributed by atoms with Gasteiger partial charge in [-0.25, -0.2) is 0 Å². The molecule has 1 amide bonds. The van der Waals surface area contributed by atoms with Crippen molar-refractivity contribution in [1.82, 2.24) is 0 Å². The van der Waals surface area contributed by atoms with E-state index in [1.165, 1.54) is 12.1 Å². The predicted molar refractivity (Wildman–Crippen MR) is 92.1 cm³/mol. The number of rotatable bonds is 3. The lowest BCUT2D eigenvalue weighted by molar-refractivity contribution is -0.133. The van der Waals surface area contributed by atoms with E-state index in [9.17, 15) is 14.7 Å². The number of fused-ring (bicyclic) bond motifs is 1. The van der Waals surface area contributed by atoms with Crippen LogP contribution in [0.15, 0.2) is 40.9 Å². The van der Waals surface area contributed by atoms with Crippen molar-refractivity contribution < 1.29 is 14.7 Å². The molecule has 0 spiro atoms. The molecule has 0 aromatic heterocycles. The van der Waals surface area contributed by atoms with Crippen LogP contribution in [0.2, 0.25) is 10.0 Å². The summed E-state index contributed by atoms with van der Waals surface area (Å²) in [4.78, 5) is 24.7. The number of aliphatic hydroxyl groups is 1. The van der Waals surface area contributed by atoms with Crippen molar-refractivity contribution in [1.29, 1.82) is 0 Å². The average molecular weight is 415 g/mol. The van der Waals surface area contributed by atoms with Crippen molar-refractivity contribution in [3.05, 3.63) is 62.0 Å². The standard InChI is InChI=1S/C16H10BrCl2NO3/c17-9-3-1-2-8(4-9)13(21)7-16(23)14-11(19)5-10(18)6-12(14)20-15(16)22/h1-6,23H,7H2,(H,20,22)/t16-/m1/s1. The summed E-state index contributed by atoms with van der Waals surface area (Å²) in [5.41, 5.74) is -1.13. The molecule has 7 heteroatoms. The molecule has 1 aliphatic rings. The van der Waals surface area contributed by atoms with E-state index < -0.39 is 17.9 Å². The Morgan fingerprint density at radius 2 is 2.00 bits per heavy atom. The van der Waals surface area contributed by atoms with Gasteiger partial charge in [-0.2, -0.15) is 0 Å². The maximum absolute atomic E-state index is 12.5. The third-order valence-electron chi connectivity index (χ3n) is 3.66. The fourth-order valence-electron chi connectivity index (χ4n) is 2.60. The van der Waals surface area contributed by atoms with Crippen LogP contribution in [0.1, 0.15) is 22.3 Å². The van der Waals surface area contributed by atoms with Crippen LogP contribution in [0.3, 0.4) is 0 Å². The number of amides is 1. The summed E-state index contributed by atoms with van der Waals surface area (Å²) in [7, 11) is 0. The zero-order chi connectivity index (χ0) is 16.8. The zero-order valence-electron chi connectivity index (χ0n) is 11.6. The van der Waals surface area contributed by atoms with Gasteiger partial charge >= 0.3 is 0 Å². The fourth-order valence-corrected chi connectivity index (χ4v) is 3.65. The molecule has 1 aliphatic heterocycles. The van der Waals surface area contributed by atoms with Gasteiger partial charge in [0.2, 0.25) is 0 Å². The summed E-state index contributed by atoms with van der Waals surface area (Å²) in [5.74, 6) is -1.07. The van der Waals surface area contributed by atoms with Gasteiger partial charge in [0.25, 0.3) is 5.91 Å². The van der Waals surface area contributed by atoms with Gasteiger partial charge in [0.1, 0.15) is 0 Å². The Kier molecular flexibility index (Phi) is 4.23. The second kappa shape index (κ2) is 5.91. The Balaban J connectivity index is 2.00. The van der Waals surface area contributed by atoms with E-state index in [1.54, 1.807) is 24.3 Å². The predicted octanol–water partition coefficient (Wildman–Crippen LogP) is 4.17. The largest absolute Gasteiger partial charge is 0.375 e. The number of benzene rings is 2. The Morgan fingerprint density at radius 1 is 1.26 bits per heavy atom. The molecule has 0 saturated carbocycles. The van der Waals surface area contributed by atoms with E-state index in [0.29, 0.717) is 16.3 Å². The molecule has 3 rings (SSSR count). The number of nitrogens with one attached hydrogen (secondary N) is 1. The van der Waals surface area contributed by atoms with E-state index in [-0.39, 0.29) is 16.4 Å². The summed E-state index contributed by atoms with van der Waals surface area (Å²) in [5, 5.41) is 13.8. The Bertz CT molecular complexity index is 840. The molecule has 0 aliphatic carbocycles. The number of Topliss-reactive ketones (excluding diaryl/α,β-unsaturated/α-hetero) is 1. The van der Waals surface area contributed by atoms with Gasteiger partial charge in [0, 0.05) is 20.6 Å². The number of anilines is 1. The highest BCUT2D eigenvalue weighted by molar-refractivity contribution is 9.10. The summed E-state index contributed by atoms with van der Waals surface area (Å²) < 4.78 is 0.733. The van der Waals surface area contributed by atoms with Crippen LogP contribution in [0.25, 0.3) is 0 Å². The third-order valence-corrected chi connectivity index (χ3v) is 4.66. The lowest BCUT2D eigenvalue weighted by Gasteiger charge is -2.21. The van der Waals surface area contributed by atoms with E-state index in [1.807, 2.05) is 0 Å². The highest BCUT2D eigenvalue weighted by Crippen LogP contribution is 2.44. The van der Waals surface area contributed by atoms with Crippen LogP contribution < -0.4 is 5.32 Å². The highest BCUT2D eigenvalue weighted by Gasteiger charge is 2.48. The average Bonchev–Trinajstić information content (AvgIpc) is 2.69. The smallest absolute Gasteiger partial charge is 0.261 e. The number of hydrogen-bond acceptors (Lipinski definition) is 3. The van der Waals surface area contributed by atoms with Crippen molar-refractivity contribution in [2.24, 2.45) is 0 Å². The van der Waals surface area contributed by atoms with Crippen LogP contribution >= 0.6 is 39.1 Å². The molecular formula is C16H10BrCl2NO3. The van der Waals surface area contributed by atoms with Crippen LogP contribution in [-0.2, 0) is 10.4 Å². The maximum Gasteiger partial charge on any atom is 0.261 e. The molecule has 4 nitrogen and oxygen atoms in total. The Labute approximate surface area is 150 Å². The molecule has 0 saturated heterocycles. The monoisotopic (exact) mass is 413 g/mol. The number of hydrogen-bond donors (Lipinski definition) is 2. The minimum Gasteiger partial charge on any atom is -0.375 e. The van der Waals surface area contributed by atoms with Gasteiger partial charge in [-0.05, 0) is 24.3 Å². The fraction of sp³-hybridized carbons (Fsp3) is 0.125. The molecule has 1 atom stereocenters. The van der Waals surface area contributed by atoms with Gasteiger partial charge in [-0.15, -0.1) is 0 Å². The van der Waals surface area contributed by atoms with Crippen molar-refractivity contribution >= 4 is 56.5 Å². The SMILES string of the molecule is O=C(C[C@]1(O)C(=O)Nc2cc(Cl)cc(Cl)c21)c1cccc(Br)c1. The van der Waals surface area contributed by atoms with E-state index >= 15 is 0 Å². The van der Waals surface area contributed by atoms with Crippen molar-refractivity contribution in [3.63, 3.8) is 0 Å². The Morgan fingerprint density at radius 3 is 2.70 bits per heavy atom. The first-order chi connectivity index (χ1) is 10.8. The second-order valence-electron chi connectivity index (χ2n) is 5.23. The first-order valence-electron chi connectivity index (χ1n) is 6.63. The number of carbonyl (C=O) groups excluding carboxylic acids is 2. The zero-order valence-corrected chi connectivity index (χ0v) is 14.7. The van der Waals surface area contributed by atoms with Gasteiger partial charge in [-0.3, -0.25) is 9.59 Å². The Hall–Kier alpha value is -1.40. The van der Waals surface area contributed by atoms with Gasteiger partial charge in [-0.1, -0.05) is 51.3 Å². The highest BCUT2D eigenvalue weighted by atomic mass is 79.9. The van der Waals surface area contributed by atoms with Gasteiger partial charge < -0.3 is 10.4 Å². The molecular weight excluding hydrogens is 405 g/mol. The molecule has 0 fully saturated rings. The molecule has 0 unspecified atom stereocenters. The van der Waals surface area contributed by atoms with Crippen molar-refractivity contribution in [2.45, 2.75) is 12.0 Å². The van der Waals surface area contributed by atoms with Gasteiger partial charge in [0.05, 0.1) is 17.1 Å². The molecule has 1 heterocycles. The van der Waals surface area contributed by atoms with E-state index in [2.05, 4.69) is 21.2 Å². The maximum atomic E-state index is 12.5. The summed E-state index contributed by atoms with van der Waals surface area (Å²) in [6.45, 7) is 0. The minimum absolute atomic E-state index is 0.135. The summed E-state index contributed by atoms with van der Waals surface area (Å²) >= 11 is 15.3. The summed E-state index contributed by atoms with van der Waals surface area (Å²) in [6, 6.07) is 9.65. The minimum atomic E-state index is -2.02. The quantitative estimate of drug-likeness (QED) is 0.740. The normalized spacial score (nSPS) is 19.4. The first kappa shape index (κ1) is 16.5. The second-order valence-corrected chi connectivity index (χ2v) is 6.99. The molecule has 2 N–H and O–H groups in total.